The minimum atomic E-state index is -0.676. The number of benzene rings is 2. The van der Waals surface area contributed by atoms with Crippen molar-refractivity contribution in [2.45, 2.75) is 19.4 Å². The fourth-order valence-corrected chi connectivity index (χ4v) is 3.25. The second-order valence-corrected chi connectivity index (χ2v) is 6.77. The predicted molar refractivity (Wildman–Crippen MR) is 108 cm³/mol. The molecule has 0 saturated heterocycles. The number of carbonyl (C=O) groups excluding carboxylic acids is 1. The Labute approximate surface area is 167 Å². The SMILES string of the molecule is CC[C@H](Oc1ccccc1OC)C(=O)Nc1nnc(-c2ccc(OC)cc2)s1. The van der Waals surface area contributed by atoms with Gasteiger partial charge in [0.25, 0.3) is 5.91 Å². The number of ether oxygens (including phenoxy) is 3. The van der Waals surface area contributed by atoms with Crippen molar-refractivity contribution in [3.8, 4) is 27.8 Å². The molecule has 1 heterocycles. The summed E-state index contributed by atoms with van der Waals surface area (Å²) < 4.78 is 16.3. The van der Waals surface area contributed by atoms with E-state index in [1.54, 1.807) is 26.4 Å². The third-order valence-corrected chi connectivity index (χ3v) is 4.88. The maximum atomic E-state index is 12.6. The number of amides is 1. The van der Waals surface area contributed by atoms with Crippen molar-refractivity contribution in [1.82, 2.24) is 10.2 Å². The normalized spacial score (nSPS) is 11.5. The summed E-state index contributed by atoms with van der Waals surface area (Å²) in [5.74, 6) is 1.57. The number of nitrogens with one attached hydrogen (secondary N) is 1. The lowest BCUT2D eigenvalue weighted by Crippen LogP contribution is -2.32. The van der Waals surface area contributed by atoms with Crippen molar-refractivity contribution in [2.75, 3.05) is 19.5 Å². The highest BCUT2D eigenvalue weighted by molar-refractivity contribution is 7.18. The van der Waals surface area contributed by atoms with Crippen LogP contribution in [0.15, 0.2) is 48.5 Å². The fraction of sp³-hybridized carbons (Fsp3) is 0.250. The summed E-state index contributed by atoms with van der Waals surface area (Å²) in [5, 5.41) is 12.1. The van der Waals surface area contributed by atoms with Crippen LogP contribution in [0.5, 0.6) is 17.2 Å². The third-order valence-electron chi connectivity index (χ3n) is 3.99. The summed E-state index contributed by atoms with van der Waals surface area (Å²) in [7, 11) is 3.18. The van der Waals surface area contributed by atoms with Crippen LogP contribution >= 0.6 is 11.3 Å². The topological polar surface area (TPSA) is 82.6 Å². The van der Waals surface area contributed by atoms with Gasteiger partial charge >= 0.3 is 0 Å². The Balaban J connectivity index is 1.68. The molecule has 0 aliphatic heterocycles. The van der Waals surface area contributed by atoms with E-state index >= 15 is 0 Å². The van der Waals surface area contributed by atoms with E-state index in [9.17, 15) is 4.79 Å². The quantitative estimate of drug-likeness (QED) is 0.616. The summed E-state index contributed by atoms with van der Waals surface area (Å²) >= 11 is 1.29. The Kier molecular flexibility index (Phi) is 6.44. The number of carbonyl (C=O) groups is 1. The summed E-state index contributed by atoms with van der Waals surface area (Å²) in [4.78, 5) is 12.6. The molecule has 0 fully saturated rings. The zero-order valence-electron chi connectivity index (χ0n) is 15.8. The Bertz CT molecular complexity index is 927. The lowest BCUT2D eigenvalue weighted by Gasteiger charge is -2.18. The molecule has 8 heteroatoms. The summed E-state index contributed by atoms with van der Waals surface area (Å²) in [6.07, 6.45) is -0.182. The van der Waals surface area contributed by atoms with E-state index in [0.717, 1.165) is 11.3 Å². The number of nitrogens with zero attached hydrogens (tertiary/aromatic N) is 2. The standard InChI is InChI=1S/C20H21N3O4S/c1-4-15(27-17-8-6-5-7-16(17)26-3)18(24)21-20-23-22-19(28-20)13-9-11-14(25-2)12-10-13/h5-12,15H,4H2,1-3H3,(H,21,23,24)/t15-/m0/s1. The first-order valence-electron chi connectivity index (χ1n) is 8.73. The second-order valence-electron chi connectivity index (χ2n) is 5.80. The lowest BCUT2D eigenvalue weighted by molar-refractivity contribution is -0.122. The maximum Gasteiger partial charge on any atom is 0.267 e. The number of rotatable bonds is 8. The van der Waals surface area contributed by atoms with Crippen LogP contribution in [0.2, 0.25) is 0 Å². The molecule has 0 unspecified atom stereocenters. The van der Waals surface area contributed by atoms with E-state index in [0.29, 0.717) is 28.1 Å². The van der Waals surface area contributed by atoms with Gasteiger partial charge < -0.3 is 14.2 Å². The number of methoxy groups -OCH3 is 2. The molecule has 1 atom stereocenters. The number of aromatic nitrogens is 2. The van der Waals surface area contributed by atoms with Crippen LogP contribution in [0.1, 0.15) is 13.3 Å². The van der Waals surface area contributed by atoms with Crippen LogP contribution in [0, 0.1) is 0 Å². The van der Waals surface area contributed by atoms with E-state index < -0.39 is 6.10 Å². The van der Waals surface area contributed by atoms with Crippen molar-refractivity contribution in [3.05, 3.63) is 48.5 Å². The first kappa shape index (κ1) is 19.6. The van der Waals surface area contributed by atoms with Crippen LogP contribution in [0.25, 0.3) is 10.6 Å². The third kappa shape index (κ3) is 4.58. The van der Waals surface area contributed by atoms with Crippen molar-refractivity contribution >= 4 is 22.4 Å². The first-order chi connectivity index (χ1) is 13.6. The summed E-state index contributed by atoms with van der Waals surface area (Å²) in [6, 6.07) is 14.7. The van der Waals surface area contributed by atoms with Gasteiger partial charge in [0.1, 0.15) is 10.8 Å². The van der Waals surface area contributed by atoms with Gasteiger partial charge in [-0.05, 0) is 42.8 Å². The molecule has 146 valence electrons. The zero-order chi connectivity index (χ0) is 19.9. The smallest absolute Gasteiger partial charge is 0.267 e. The summed E-state index contributed by atoms with van der Waals surface area (Å²) in [6.45, 7) is 1.88. The van der Waals surface area contributed by atoms with Gasteiger partial charge in [-0.3, -0.25) is 10.1 Å². The average Bonchev–Trinajstić information content (AvgIpc) is 3.20. The molecule has 1 aromatic heterocycles. The molecule has 0 spiro atoms. The van der Waals surface area contributed by atoms with Crippen LogP contribution in [-0.4, -0.2) is 36.4 Å². The van der Waals surface area contributed by atoms with Crippen molar-refractivity contribution in [2.24, 2.45) is 0 Å². The van der Waals surface area contributed by atoms with Crippen molar-refractivity contribution in [1.29, 1.82) is 0 Å². The number of anilines is 1. The van der Waals surface area contributed by atoms with E-state index in [2.05, 4.69) is 15.5 Å². The molecular formula is C20H21N3O4S. The van der Waals surface area contributed by atoms with E-state index in [1.807, 2.05) is 43.3 Å². The van der Waals surface area contributed by atoms with Gasteiger partial charge in [0.05, 0.1) is 14.2 Å². The average molecular weight is 399 g/mol. The molecule has 2 aromatic carbocycles. The molecule has 3 aromatic rings. The van der Waals surface area contributed by atoms with E-state index in [4.69, 9.17) is 14.2 Å². The molecule has 0 aliphatic carbocycles. The highest BCUT2D eigenvalue weighted by Gasteiger charge is 2.21. The largest absolute Gasteiger partial charge is 0.497 e. The molecule has 0 saturated carbocycles. The number of hydrogen-bond acceptors (Lipinski definition) is 7. The molecule has 3 rings (SSSR count). The molecule has 7 nitrogen and oxygen atoms in total. The second kappa shape index (κ2) is 9.18. The minimum Gasteiger partial charge on any atom is -0.497 e. The van der Waals surface area contributed by atoms with Crippen LogP contribution in [-0.2, 0) is 4.79 Å². The van der Waals surface area contributed by atoms with Crippen LogP contribution in [0.3, 0.4) is 0 Å². The van der Waals surface area contributed by atoms with Gasteiger partial charge in [0.2, 0.25) is 5.13 Å². The molecule has 0 aliphatic rings. The van der Waals surface area contributed by atoms with Crippen LogP contribution in [0.4, 0.5) is 5.13 Å². The van der Waals surface area contributed by atoms with Gasteiger partial charge in [-0.15, -0.1) is 10.2 Å². The lowest BCUT2D eigenvalue weighted by atomic mass is 10.2. The number of para-hydroxylation sites is 2. The predicted octanol–water partition coefficient (Wildman–Crippen LogP) is 4.02. The maximum absolute atomic E-state index is 12.6. The van der Waals surface area contributed by atoms with Crippen LogP contribution < -0.4 is 19.5 Å². The molecule has 1 amide bonds. The Hall–Kier alpha value is -3.13. The number of hydrogen-bond donors (Lipinski definition) is 1. The Morgan fingerprint density at radius 1 is 1.04 bits per heavy atom. The highest BCUT2D eigenvalue weighted by Crippen LogP contribution is 2.29. The molecule has 28 heavy (non-hydrogen) atoms. The van der Waals surface area contributed by atoms with Gasteiger partial charge in [-0.25, -0.2) is 0 Å². The zero-order valence-corrected chi connectivity index (χ0v) is 16.7. The Morgan fingerprint density at radius 3 is 2.39 bits per heavy atom. The van der Waals surface area contributed by atoms with Gasteiger partial charge in [0.15, 0.2) is 17.6 Å². The van der Waals surface area contributed by atoms with Gasteiger partial charge in [0, 0.05) is 5.56 Å². The van der Waals surface area contributed by atoms with Crippen molar-refractivity contribution in [3.63, 3.8) is 0 Å². The molecule has 1 N–H and O–H groups in total. The monoisotopic (exact) mass is 399 g/mol. The van der Waals surface area contributed by atoms with Gasteiger partial charge in [-0.1, -0.05) is 30.4 Å². The minimum absolute atomic E-state index is 0.286. The highest BCUT2D eigenvalue weighted by atomic mass is 32.1. The van der Waals surface area contributed by atoms with E-state index in [1.165, 1.54) is 11.3 Å². The molecule has 0 radical (unpaired) electrons. The first-order valence-corrected chi connectivity index (χ1v) is 9.54. The Morgan fingerprint density at radius 2 is 1.75 bits per heavy atom. The molecule has 0 bridgehead atoms. The van der Waals surface area contributed by atoms with E-state index in [-0.39, 0.29) is 5.91 Å². The molecular weight excluding hydrogens is 378 g/mol. The van der Waals surface area contributed by atoms with Crippen molar-refractivity contribution < 1.29 is 19.0 Å². The summed E-state index contributed by atoms with van der Waals surface area (Å²) in [5.41, 5.74) is 0.899. The van der Waals surface area contributed by atoms with Gasteiger partial charge in [-0.2, -0.15) is 0 Å². The fourth-order valence-electron chi connectivity index (χ4n) is 2.50.